The van der Waals surface area contributed by atoms with Crippen molar-refractivity contribution in [2.24, 2.45) is 5.92 Å². The van der Waals surface area contributed by atoms with E-state index in [1.165, 1.54) is 0 Å². The number of likely N-dealkylation sites (tertiary alicyclic amines) is 1. The number of carbonyl (C=O) groups excluding carboxylic acids is 2. The van der Waals surface area contributed by atoms with Gasteiger partial charge < -0.3 is 19.1 Å². The van der Waals surface area contributed by atoms with Gasteiger partial charge in [0.15, 0.2) is 11.5 Å². The molecule has 1 amide bonds. The van der Waals surface area contributed by atoms with Gasteiger partial charge in [0.05, 0.1) is 0 Å². The van der Waals surface area contributed by atoms with E-state index in [1.807, 2.05) is 45.9 Å². The molecule has 0 unspecified atom stereocenters. The lowest BCUT2D eigenvalue weighted by molar-refractivity contribution is -0.163. The summed E-state index contributed by atoms with van der Waals surface area (Å²) in [5, 5.41) is 0. The second-order valence-corrected chi connectivity index (χ2v) is 8.39. The van der Waals surface area contributed by atoms with Crippen LogP contribution in [0.3, 0.4) is 0 Å². The Labute approximate surface area is 166 Å². The topological polar surface area (TPSA) is 65.1 Å². The van der Waals surface area contributed by atoms with E-state index >= 15 is 0 Å². The van der Waals surface area contributed by atoms with Crippen molar-refractivity contribution in [2.45, 2.75) is 58.1 Å². The normalized spacial score (nSPS) is 20.6. The summed E-state index contributed by atoms with van der Waals surface area (Å²) >= 11 is 0. The highest BCUT2D eigenvalue weighted by Crippen LogP contribution is 2.38. The van der Waals surface area contributed by atoms with Crippen LogP contribution in [0.5, 0.6) is 11.5 Å². The van der Waals surface area contributed by atoms with Gasteiger partial charge >= 0.3 is 5.97 Å². The van der Waals surface area contributed by atoms with Crippen molar-refractivity contribution < 1.29 is 23.8 Å². The maximum atomic E-state index is 13.2. The zero-order valence-electron chi connectivity index (χ0n) is 17.1. The molecule has 0 aliphatic carbocycles. The minimum atomic E-state index is -0.573. The number of ether oxygens (including phenoxy) is 3. The third-order valence-corrected chi connectivity index (χ3v) is 5.18. The van der Waals surface area contributed by atoms with Crippen molar-refractivity contribution in [1.29, 1.82) is 0 Å². The SMILES string of the molecule is C=C[C@@H](c1ccc2c(c1)OCO2)[C@H](C)C(=O)N1CCC[C@H]1C(=O)OC(C)(C)C. The van der Waals surface area contributed by atoms with Crippen molar-refractivity contribution >= 4 is 11.9 Å². The molecule has 0 spiro atoms. The molecule has 1 aromatic carbocycles. The van der Waals surface area contributed by atoms with Crippen molar-refractivity contribution in [3.63, 3.8) is 0 Å². The fourth-order valence-corrected chi connectivity index (χ4v) is 3.81. The predicted molar refractivity (Wildman–Crippen MR) is 105 cm³/mol. The van der Waals surface area contributed by atoms with E-state index in [-0.39, 0.29) is 30.5 Å². The van der Waals surface area contributed by atoms with E-state index in [9.17, 15) is 9.59 Å². The number of carbonyl (C=O) groups is 2. The Bertz CT molecular complexity index is 767. The lowest BCUT2D eigenvalue weighted by Crippen LogP contribution is -2.46. The summed E-state index contributed by atoms with van der Waals surface area (Å²) in [6, 6.07) is 5.16. The monoisotopic (exact) mass is 387 g/mol. The second-order valence-electron chi connectivity index (χ2n) is 8.39. The average molecular weight is 387 g/mol. The minimum absolute atomic E-state index is 0.0593. The summed E-state index contributed by atoms with van der Waals surface area (Å²) in [6.45, 7) is 12.1. The van der Waals surface area contributed by atoms with Crippen molar-refractivity contribution in [3.05, 3.63) is 36.4 Å². The van der Waals surface area contributed by atoms with Crippen molar-refractivity contribution in [3.8, 4) is 11.5 Å². The van der Waals surface area contributed by atoms with Gasteiger partial charge in [0.2, 0.25) is 12.7 Å². The maximum Gasteiger partial charge on any atom is 0.329 e. The number of allylic oxidation sites excluding steroid dienone is 1. The summed E-state index contributed by atoms with van der Waals surface area (Å²) in [5.74, 6) is 0.439. The Morgan fingerprint density at radius 1 is 1.29 bits per heavy atom. The highest BCUT2D eigenvalue weighted by atomic mass is 16.7. The third-order valence-electron chi connectivity index (χ3n) is 5.18. The van der Waals surface area contributed by atoms with Crippen LogP contribution < -0.4 is 9.47 Å². The molecular formula is C22H29NO5. The van der Waals surface area contributed by atoms with Crippen LogP contribution in [0.2, 0.25) is 0 Å². The molecule has 1 aromatic rings. The molecule has 152 valence electrons. The number of hydrogen-bond donors (Lipinski definition) is 0. The number of rotatable bonds is 5. The number of esters is 1. The molecule has 1 saturated heterocycles. The van der Waals surface area contributed by atoms with Crippen LogP contribution in [-0.4, -0.2) is 41.8 Å². The molecule has 2 heterocycles. The molecular weight excluding hydrogens is 358 g/mol. The van der Waals surface area contributed by atoms with Gasteiger partial charge in [-0.3, -0.25) is 4.79 Å². The Balaban J connectivity index is 1.76. The molecule has 3 rings (SSSR count). The first-order valence-corrected chi connectivity index (χ1v) is 9.76. The maximum absolute atomic E-state index is 13.2. The zero-order chi connectivity index (χ0) is 20.5. The molecule has 2 aliphatic heterocycles. The minimum Gasteiger partial charge on any atom is -0.458 e. The highest BCUT2D eigenvalue weighted by molar-refractivity contribution is 5.87. The van der Waals surface area contributed by atoms with E-state index in [0.717, 1.165) is 12.0 Å². The standard InChI is InChI=1S/C22H29NO5/c1-6-16(15-9-10-18-19(12-15)27-13-26-18)14(2)20(24)23-11-7-8-17(23)21(25)28-22(3,4)5/h6,9-10,12,14,16-17H,1,7-8,11,13H2,2-5H3/t14-,16+,17-/m0/s1. The lowest BCUT2D eigenvalue weighted by atomic mass is 9.86. The van der Waals surface area contributed by atoms with Gasteiger partial charge in [-0.1, -0.05) is 19.1 Å². The van der Waals surface area contributed by atoms with E-state index in [4.69, 9.17) is 14.2 Å². The molecule has 0 aromatic heterocycles. The van der Waals surface area contributed by atoms with E-state index in [0.29, 0.717) is 24.5 Å². The molecule has 6 nitrogen and oxygen atoms in total. The smallest absolute Gasteiger partial charge is 0.329 e. The molecule has 6 heteroatoms. The summed E-state index contributed by atoms with van der Waals surface area (Å²) in [5.41, 5.74) is 0.365. The van der Waals surface area contributed by atoms with Crippen LogP contribution in [0, 0.1) is 5.92 Å². The molecule has 0 N–H and O–H groups in total. The fraction of sp³-hybridized carbons (Fsp3) is 0.545. The van der Waals surface area contributed by atoms with Gasteiger partial charge in [-0.2, -0.15) is 0 Å². The predicted octanol–water partition coefficient (Wildman–Crippen LogP) is 3.65. The molecule has 3 atom stereocenters. The summed E-state index contributed by atoms with van der Waals surface area (Å²) in [6.07, 6.45) is 3.21. The number of benzene rings is 1. The van der Waals surface area contributed by atoms with Crippen molar-refractivity contribution in [2.75, 3.05) is 13.3 Å². The van der Waals surface area contributed by atoms with Gasteiger partial charge in [-0.05, 0) is 51.3 Å². The van der Waals surface area contributed by atoms with Gasteiger partial charge in [0, 0.05) is 18.4 Å². The van der Waals surface area contributed by atoms with Crippen LogP contribution >= 0.6 is 0 Å². The first-order chi connectivity index (χ1) is 13.2. The van der Waals surface area contributed by atoms with Crippen LogP contribution in [0.4, 0.5) is 0 Å². The molecule has 0 radical (unpaired) electrons. The van der Waals surface area contributed by atoms with Crippen LogP contribution in [-0.2, 0) is 14.3 Å². The van der Waals surface area contributed by atoms with Gasteiger partial charge in [-0.15, -0.1) is 6.58 Å². The first-order valence-electron chi connectivity index (χ1n) is 9.76. The van der Waals surface area contributed by atoms with Crippen molar-refractivity contribution in [1.82, 2.24) is 4.90 Å². The third kappa shape index (κ3) is 4.16. The highest BCUT2D eigenvalue weighted by Gasteiger charge is 2.39. The van der Waals surface area contributed by atoms with E-state index in [1.54, 1.807) is 11.0 Å². The van der Waals surface area contributed by atoms with Gasteiger partial charge in [-0.25, -0.2) is 4.79 Å². The average Bonchev–Trinajstić information content (AvgIpc) is 3.29. The van der Waals surface area contributed by atoms with Crippen LogP contribution in [0.25, 0.3) is 0 Å². The van der Waals surface area contributed by atoms with Crippen LogP contribution in [0.1, 0.15) is 52.0 Å². The lowest BCUT2D eigenvalue weighted by Gasteiger charge is -2.31. The molecule has 28 heavy (non-hydrogen) atoms. The van der Waals surface area contributed by atoms with Crippen LogP contribution in [0.15, 0.2) is 30.9 Å². The molecule has 1 fully saturated rings. The molecule has 0 bridgehead atoms. The summed E-state index contributed by atoms with van der Waals surface area (Å²) in [4.78, 5) is 27.5. The summed E-state index contributed by atoms with van der Waals surface area (Å²) in [7, 11) is 0. The molecule has 0 saturated carbocycles. The van der Waals surface area contributed by atoms with Gasteiger partial charge in [0.25, 0.3) is 0 Å². The fourth-order valence-electron chi connectivity index (χ4n) is 3.81. The Morgan fingerprint density at radius 2 is 2.00 bits per heavy atom. The summed E-state index contributed by atoms with van der Waals surface area (Å²) < 4.78 is 16.3. The van der Waals surface area contributed by atoms with E-state index in [2.05, 4.69) is 6.58 Å². The zero-order valence-corrected chi connectivity index (χ0v) is 17.1. The number of hydrogen-bond acceptors (Lipinski definition) is 5. The number of fused-ring (bicyclic) bond motifs is 1. The Hall–Kier alpha value is -2.50. The number of nitrogens with zero attached hydrogens (tertiary/aromatic N) is 1. The molecule has 2 aliphatic rings. The van der Waals surface area contributed by atoms with Gasteiger partial charge in [0.1, 0.15) is 11.6 Å². The second kappa shape index (κ2) is 7.86. The Kier molecular flexibility index (Phi) is 5.68. The Morgan fingerprint density at radius 3 is 2.68 bits per heavy atom. The largest absolute Gasteiger partial charge is 0.458 e. The number of amides is 1. The van der Waals surface area contributed by atoms with E-state index < -0.39 is 11.6 Å². The quantitative estimate of drug-likeness (QED) is 0.570. The first kappa shape index (κ1) is 20.2.